The Morgan fingerprint density at radius 3 is 2.68 bits per heavy atom. The highest BCUT2D eigenvalue weighted by molar-refractivity contribution is 6.04. The summed E-state index contributed by atoms with van der Waals surface area (Å²) in [7, 11) is 1.83. The number of aromatic nitrogens is 5. The Morgan fingerprint density at radius 2 is 1.92 bits per heavy atom. The van der Waals surface area contributed by atoms with E-state index in [4.69, 9.17) is 0 Å². The molecule has 0 aliphatic carbocycles. The van der Waals surface area contributed by atoms with E-state index in [-0.39, 0.29) is 5.91 Å². The smallest absolute Gasteiger partial charge is 0.256 e. The van der Waals surface area contributed by atoms with Gasteiger partial charge in [-0.1, -0.05) is 17.3 Å². The lowest BCUT2D eigenvalue weighted by Gasteiger charge is -2.06. The molecule has 1 N–H and O–H groups in total. The van der Waals surface area contributed by atoms with Crippen LogP contribution in [-0.4, -0.2) is 30.9 Å². The highest BCUT2D eigenvalue weighted by atomic mass is 16.1. The van der Waals surface area contributed by atoms with Gasteiger partial charge in [-0.3, -0.25) is 14.5 Å². The lowest BCUT2D eigenvalue weighted by molar-refractivity contribution is 0.102. The number of carbonyl (C=O) groups excluding carboxylic acids is 1. The van der Waals surface area contributed by atoms with Gasteiger partial charge in [0.2, 0.25) is 0 Å². The largest absolute Gasteiger partial charge is 0.307 e. The Kier molecular flexibility index (Phi) is 3.66. The highest BCUT2D eigenvalue weighted by Crippen LogP contribution is 2.24. The average molecular weight is 330 g/mol. The third-order valence-corrected chi connectivity index (χ3v) is 3.80. The minimum absolute atomic E-state index is 0.223. The predicted octanol–water partition coefficient (Wildman–Crippen LogP) is 2.68. The number of pyridine rings is 2. The Morgan fingerprint density at radius 1 is 1.08 bits per heavy atom. The van der Waals surface area contributed by atoms with Crippen LogP contribution in [0.2, 0.25) is 0 Å². The summed E-state index contributed by atoms with van der Waals surface area (Å²) in [5.41, 5.74) is 2.28. The minimum Gasteiger partial charge on any atom is -0.307 e. The quantitative estimate of drug-likeness (QED) is 0.624. The molecule has 0 spiro atoms. The Balaban J connectivity index is 1.66. The Bertz CT molecular complexity index is 1060. The first-order chi connectivity index (χ1) is 12.2. The van der Waals surface area contributed by atoms with Gasteiger partial charge < -0.3 is 5.32 Å². The van der Waals surface area contributed by atoms with Crippen LogP contribution in [-0.2, 0) is 7.05 Å². The second-order valence-electron chi connectivity index (χ2n) is 5.60. The van der Waals surface area contributed by atoms with Crippen LogP contribution in [0.1, 0.15) is 10.4 Å². The van der Waals surface area contributed by atoms with E-state index in [0.29, 0.717) is 11.4 Å². The van der Waals surface area contributed by atoms with Crippen molar-refractivity contribution in [2.75, 3.05) is 5.32 Å². The molecule has 1 amide bonds. The molecular formula is C18H14N6O. The van der Waals surface area contributed by atoms with Crippen molar-refractivity contribution in [2.45, 2.75) is 0 Å². The number of nitrogens with one attached hydrogen (secondary N) is 1. The number of anilines is 1. The van der Waals surface area contributed by atoms with E-state index in [1.54, 1.807) is 35.4 Å². The first-order valence-corrected chi connectivity index (χ1v) is 7.67. The van der Waals surface area contributed by atoms with Crippen molar-refractivity contribution in [1.82, 2.24) is 25.0 Å². The molecule has 0 radical (unpaired) electrons. The van der Waals surface area contributed by atoms with E-state index in [2.05, 4.69) is 25.6 Å². The minimum atomic E-state index is -0.223. The highest BCUT2D eigenvalue weighted by Gasteiger charge is 2.08. The zero-order valence-corrected chi connectivity index (χ0v) is 13.4. The van der Waals surface area contributed by atoms with Crippen molar-refractivity contribution in [2.24, 2.45) is 7.05 Å². The van der Waals surface area contributed by atoms with Crippen LogP contribution >= 0.6 is 0 Å². The molecule has 0 unspecified atom stereocenters. The summed E-state index contributed by atoms with van der Waals surface area (Å²) in [6, 6.07) is 11.1. The molecule has 0 aliphatic rings. The van der Waals surface area contributed by atoms with Crippen molar-refractivity contribution in [3.05, 3.63) is 66.7 Å². The first-order valence-electron chi connectivity index (χ1n) is 7.67. The molecular weight excluding hydrogens is 316 g/mol. The van der Waals surface area contributed by atoms with Gasteiger partial charge in [0.25, 0.3) is 5.91 Å². The summed E-state index contributed by atoms with van der Waals surface area (Å²) in [5, 5.41) is 12.8. The number of nitrogens with zero attached hydrogens (tertiary/aromatic N) is 5. The van der Waals surface area contributed by atoms with Crippen LogP contribution < -0.4 is 5.32 Å². The molecule has 0 saturated carbocycles. The van der Waals surface area contributed by atoms with Gasteiger partial charge in [-0.25, -0.2) is 4.98 Å². The third-order valence-electron chi connectivity index (χ3n) is 3.80. The summed E-state index contributed by atoms with van der Waals surface area (Å²) < 4.78 is 1.66. The molecule has 0 aliphatic heterocycles. The second-order valence-corrected chi connectivity index (χ2v) is 5.60. The maximum Gasteiger partial charge on any atom is 0.256 e. The van der Waals surface area contributed by atoms with Crippen molar-refractivity contribution in [1.29, 1.82) is 0 Å². The standard InChI is InChI=1S/C18H14N6O/c1-24-11-16(22-23-24)13-2-3-14-10-20-17(9-15(14)8-13)21-18(25)12-4-6-19-7-5-12/h2-11H,1H3,(H,20,21,25). The summed E-state index contributed by atoms with van der Waals surface area (Å²) in [6.07, 6.45) is 6.75. The monoisotopic (exact) mass is 330 g/mol. The van der Waals surface area contributed by atoms with E-state index in [1.807, 2.05) is 37.5 Å². The van der Waals surface area contributed by atoms with Crippen LogP contribution in [0.25, 0.3) is 22.0 Å². The van der Waals surface area contributed by atoms with Crippen LogP contribution in [0, 0.1) is 0 Å². The number of hydrogen-bond donors (Lipinski definition) is 1. The summed E-state index contributed by atoms with van der Waals surface area (Å²) in [6.45, 7) is 0. The number of hydrogen-bond acceptors (Lipinski definition) is 5. The van der Waals surface area contributed by atoms with Gasteiger partial charge in [0, 0.05) is 42.2 Å². The zero-order chi connectivity index (χ0) is 17.2. The molecule has 0 bridgehead atoms. The van der Waals surface area contributed by atoms with E-state index in [9.17, 15) is 4.79 Å². The first kappa shape index (κ1) is 14.9. The number of benzene rings is 1. The van der Waals surface area contributed by atoms with Gasteiger partial charge in [-0.05, 0) is 29.7 Å². The molecule has 122 valence electrons. The fourth-order valence-electron chi connectivity index (χ4n) is 2.54. The summed E-state index contributed by atoms with van der Waals surface area (Å²) in [4.78, 5) is 20.4. The molecule has 25 heavy (non-hydrogen) atoms. The number of rotatable bonds is 3. The molecule has 4 rings (SSSR count). The number of carbonyl (C=O) groups is 1. The van der Waals surface area contributed by atoms with Gasteiger partial charge >= 0.3 is 0 Å². The third kappa shape index (κ3) is 3.07. The van der Waals surface area contributed by atoms with Crippen LogP contribution in [0.3, 0.4) is 0 Å². The molecule has 7 nitrogen and oxygen atoms in total. The average Bonchev–Trinajstić information content (AvgIpc) is 3.08. The van der Waals surface area contributed by atoms with E-state index < -0.39 is 0 Å². The molecule has 0 atom stereocenters. The maximum atomic E-state index is 12.2. The number of amides is 1. The van der Waals surface area contributed by atoms with Gasteiger partial charge in [-0.2, -0.15) is 0 Å². The Hall–Kier alpha value is -3.61. The molecule has 4 aromatic rings. The molecule has 1 aromatic carbocycles. The van der Waals surface area contributed by atoms with E-state index in [0.717, 1.165) is 22.0 Å². The second kappa shape index (κ2) is 6.12. The maximum absolute atomic E-state index is 12.2. The summed E-state index contributed by atoms with van der Waals surface area (Å²) in [5.74, 6) is 0.268. The van der Waals surface area contributed by atoms with Crippen LogP contribution in [0.5, 0.6) is 0 Å². The Labute approximate surface area is 143 Å². The van der Waals surface area contributed by atoms with E-state index in [1.165, 1.54) is 0 Å². The van der Waals surface area contributed by atoms with E-state index >= 15 is 0 Å². The van der Waals surface area contributed by atoms with Gasteiger partial charge in [0.1, 0.15) is 11.5 Å². The molecule has 7 heteroatoms. The summed E-state index contributed by atoms with van der Waals surface area (Å²) >= 11 is 0. The molecule has 0 saturated heterocycles. The predicted molar refractivity (Wildman–Crippen MR) is 93.9 cm³/mol. The van der Waals surface area contributed by atoms with Gasteiger partial charge in [0.05, 0.1) is 6.20 Å². The molecule has 3 aromatic heterocycles. The van der Waals surface area contributed by atoms with Crippen molar-refractivity contribution in [3.8, 4) is 11.3 Å². The number of fused-ring (bicyclic) bond motifs is 1. The normalized spacial score (nSPS) is 10.8. The lowest BCUT2D eigenvalue weighted by atomic mass is 10.1. The van der Waals surface area contributed by atoms with Crippen molar-refractivity contribution in [3.63, 3.8) is 0 Å². The van der Waals surface area contributed by atoms with Crippen LogP contribution in [0.4, 0.5) is 5.82 Å². The molecule has 3 heterocycles. The van der Waals surface area contributed by atoms with Gasteiger partial charge in [0.15, 0.2) is 0 Å². The SMILES string of the molecule is Cn1cc(-c2ccc3cnc(NC(=O)c4ccncc4)cc3c2)nn1. The van der Waals surface area contributed by atoms with Gasteiger partial charge in [-0.15, -0.1) is 5.10 Å². The fraction of sp³-hybridized carbons (Fsp3) is 0.0556. The van der Waals surface area contributed by atoms with Crippen molar-refractivity contribution < 1.29 is 4.79 Å². The lowest BCUT2D eigenvalue weighted by Crippen LogP contribution is -2.12. The topological polar surface area (TPSA) is 85.6 Å². The molecule has 0 fully saturated rings. The van der Waals surface area contributed by atoms with Crippen molar-refractivity contribution >= 4 is 22.5 Å². The zero-order valence-electron chi connectivity index (χ0n) is 13.4. The number of aryl methyl sites for hydroxylation is 1. The van der Waals surface area contributed by atoms with Crippen LogP contribution in [0.15, 0.2) is 61.2 Å². The fourth-order valence-corrected chi connectivity index (χ4v) is 2.54.